The first-order valence-electron chi connectivity index (χ1n) is 10.1. The van der Waals surface area contributed by atoms with Crippen LogP contribution in [0.3, 0.4) is 0 Å². The Bertz CT molecular complexity index is 644. The lowest BCUT2D eigenvalue weighted by atomic mass is 9.82. The summed E-state index contributed by atoms with van der Waals surface area (Å²) in [6, 6.07) is 0. The van der Waals surface area contributed by atoms with Crippen molar-refractivity contribution in [2.75, 3.05) is 13.1 Å². The number of carbonyl (C=O) groups excluding carboxylic acids is 2. The van der Waals surface area contributed by atoms with E-state index in [1.54, 1.807) is 6.33 Å². The molecule has 3 rings (SSSR count). The Morgan fingerprint density at radius 3 is 2.65 bits per heavy atom. The number of fused-ring (bicyclic) bond motifs is 1. The lowest BCUT2D eigenvalue weighted by Gasteiger charge is -2.30. The first-order chi connectivity index (χ1) is 12.5. The van der Waals surface area contributed by atoms with Crippen LogP contribution >= 0.6 is 0 Å². The van der Waals surface area contributed by atoms with Crippen LogP contribution in [0, 0.1) is 17.8 Å². The second-order valence-electron chi connectivity index (χ2n) is 8.41. The van der Waals surface area contributed by atoms with Crippen molar-refractivity contribution in [2.45, 2.75) is 66.0 Å². The van der Waals surface area contributed by atoms with Gasteiger partial charge in [0.1, 0.15) is 0 Å². The van der Waals surface area contributed by atoms with Crippen LogP contribution < -0.4 is 5.32 Å². The topological polar surface area (TPSA) is 67.2 Å². The molecule has 0 saturated heterocycles. The molecule has 2 amide bonds. The van der Waals surface area contributed by atoms with Gasteiger partial charge in [-0.15, -0.1) is 0 Å². The van der Waals surface area contributed by atoms with Gasteiger partial charge in [-0.3, -0.25) is 9.59 Å². The SMILES string of the molecule is CC(C)CNC(=O)c1ncn2c1CN(C(=O)C1CCC(C)CC1)CCC2. The largest absolute Gasteiger partial charge is 0.350 e. The van der Waals surface area contributed by atoms with Gasteiger partial charge in [0.2, 0.25) is 5.91 Å². The lowest BCUT2D eigenvalue weighted by Crippen LogP contribution is -2.38. The monoisotopic (exact) mass is 360 g/mol. The van der Waals surface area contributed by atoms with Crippen molar-refractivity contribution in [2.24, 2.45) is 17.8 Å². The molecule has 0 bridgehead atoms. The van der Waals surface area contributed by atoms with Crippen molar-refractivity contribution in [3.05, 3.63) is 17.7 Å². The van der Waals surface area contributed by atoms with Gasteiger partial charge < -0.3 is 14.8 Å². The standard InChI is InChI=1S/C20H32N4O2/c1-14(2)11-21-19(25)18-17-12-23(9-4-10-24(17)13-22-18)20(26)16-7-5-15(3)6-8-16/h13-16H,4-12H2,1-3H3,(H,21,25). The fraction of sp³-hybridized carbons (Fsp3) is 0.750. The molecule has 0 aromatic carbocycles. The Morgan fingerprint density at radius 1 is 1.23 bits per heavy atom. The van der Waals surface area contributed by atoms with Gasteiger partial charge in [0.05, 0.1) is 18.6 Å². The predicted molar refractivity (Wildman–Crippen MR) is 101 cm³/mol. The third kappa shape index (κ3) is 4.27. The fourth-order valence-corrected chi connectivity index (χ4v) is 3.98. The molecule has 1 aromatic heterocycles. The van der Waals surface area contributed by atoms with E-state index < -0.39 is 0 Å². The molecule has 0 radical (unpaired) electrons. The van der Waals surface area contributed by atoms with Crippen LogP contribution in [0.25, 0.3) is 0 Å². The van der Waals surface area contributed by atoms with Crippen molar-refractivity contribution < 1.29 is 9.59 Å². The Morgan fingerprint density at radius 2 is 1.96 bits per heavy atom. The summed E-state index contributed by atoms with van der Waals surface area (Å²) in [5.41, 5.74) is 1.35. The van der Waals surface area contributed by atoms with Gasteiger partial charge in [-0.2, -0.15) is 0 Å². The Hall–Kier alpha value is -1.85. The van der Waals surface area contributed by atoms with E-state index in [1.165, 1.54) is 0 Å². The number of carbonyl (C=O) groups is 2. The van der Waals surface area contributed by atoms with Gasteiger partial charge in [0, 0.05) is 25.6 Å². The quantitative estimate of drug-likeness (QED) is 0.898. The Balaban J connectivity index is 1.71. The molecule has 26 heavy (non-hydrogen) atoms. The molecule has 6 heteroatoms. The van der Waals surface area contributed by atoms with E-state index in [0.29, 0.717) is 24.7 Å². The minimum atomic E-state index is -0.131. The normalized spacial score (nSPS) is 23.5. The summed E-state index contributed by atoms with van der Waals surface area (Å²) in [4.78, 5) is 31.9. The Kier molecular flexibility index (Phi) is 5.99. The highest BCUT2D eigenvalue weighted by Gasteiger charge is 2.31. The van der Waals surface area contributed by atoms with E-state index in [2.05, 4.69) is 31.1 Å². The number of hydrogen-bond acceptors (Lipinski definition) is 3. The zero-order chi connectivity index (χ0) is 18.7. The molecule has 144 valence electrons. The highest BCUT2D eigenvalue weighted by Crippen LogP contribution is 2.30. The minimum absolute atomic E-state index is 0.131. The molecule has 1 saturated carbocycles. The van der Waals surface area contributed by atoms with E-state index in [-0.39, 0.29) is 17.7 Å². The average Bonchev–Trinajstić information content (AvgIpc) is 2.89. The number of rotatable bonds is 4. The summed E-state index contributed by atoms with van der Waals surface area (Å²) in [7, 11) is 0. The summed E-state index contributed by atoms with van der Waals surface area (Å²) >= 11 is 0. The van der Waals surface area contributed by atoms with Crippen molar-refractivity contribution in [3.8, 4) is 0 Å². The number of aromatic nitrogens is 2. The smallest absolute Gasteiger partial charge is 0.271 e. The number of aryl methyl sites for hydroxylation is 1. The summed E-state index contributed by atoms with van der Waals surface area (Å²) in [5, 5.41) is 2.95. The number of nitrogens with one attached hydrogen (secondary N) is 1. The van der Waals surface area contributed by atoms with Crippen molar-refractivity contribution in [1.82, 2.24) is 19.8 Å². The van der Waals surface area contributed by atoms with E-state index in [0.717, 1.165) is 56.8 Å². The predicted octanol–water partition coefficient (Wildman–Crippen LogP) is 2.83. The van der Waals surface area contributed by atoms with Crippen molar-refractivity contribution in [3.63, 3.8) is 0 Å². The third-order valence-corrected chi connectivity index (χ3v) is 5.68. The van der Waals surface area contributed by atoms with Gasteiger partial charge in [-0.1, -0.05) is 20.8 Å². The van der Waals surface area contributed by atoms with Gasteiger partial charge >= 0.3 is 0 Å². The molecular weight excluding hydrogens is 328 g/mol. The molecule has 0 atom stereocenters. The molecular formula is C20H32N4O2. The molecule has 2 aliphatic rings. The molecule has 0 spiro atoms. The average molecular weight is 361 g/mol. The molecule has 1 aliphatic carbocycles. The van der Waals surface area contributed by atoms with Crippen molar-refractivity contribution >= 4 is 11.8 Å². The van der Waals surface area contributed by atoms with E-state index >= 15 is 0 Å². The minimum Gasteiger partial charge on any atom is -0.350 e. The van der Waals surface area contributed by atoms with E-state index in [9.17, 15) is 9.59 Å². The first kappa shape index (κ1) is 18.9. The molecule has 1 fully saturated rings. The van der Waals surface area contributed by atoms with Crippen LogP contribution in [0.4, 0.5) is 0 Å². The van der Waals surface area contributed by atoms with Gasteiger partial charge in [0.15, 0.2) is 5.69 Å². The van der Waals surface area contributed by atoms with Crippen molar-refractivity contribution in [1.29, 1.82) is 0 Å². The van der Waals surface area contributed by atoms with Gasteiger partial charge in [-0.05, 0) is 43.9 Å². The maximum atomic E-state index is 13.0. The van der Waals surface area contributed by atoms with Crippen LogP contribution in [0.5, 0.6) is 0 Å². The molecule has 1 aromatic rings. The van der Waals surface area contributed by atoms with Crippen LogP contribution in [0.2, 0.25) is 0 Å². The molecule has 1 N–H and O–H groups in total. The number of nitrogens with zero attached hydrogens (tertiary/aromatic N) is 3. The summed E-state index contributed by atoms with van der Waals surface area (Å²) < 4.78 is 2.04. The van der Waals surface area contributed by atoms with Crippen LogP contribution in [-0.4, -0.2) is 39.4 Å². The summed E-state index contributed by atoms with van der Waals surface area (Å²) in [6.45, 7) is 9.11. The second kappa shape index (κ2) is 8.23. The fourth-order valence-electron chi connectivity index (χ4n) is 3.98. The molecule has 2 heterocycles. The van der Waals surface area contributed by atoms with Crippen LogP contribution in [0.1, 0.15) is 69.1 Å². The number of hydrogen-bond donors (Lipinski definition) is 1. The lowest BCUT2D eigenvalue weighted by molar-refractivity contribution is -0.137. The maximum Gasteiger partial charge on any atom is 0.271 e. The highest BCUT2D eigenvalue weighted by molar-refractivity contribution is 5.93. The van der Waals surface area contributed by atoms with Crippen LogP contribution in [-0.2, 0) is 17.9 Å². The highest BCUT2D eigenvalue weighted by atomic mass is 16.2. The third-order valence-electron chi connectivity index (χ3n) is 5.68. The molecule has 0 unspecified atom stereocenters. The Labute approximate surface area is 156 Å². The summed E-state index contributed by atoms with van der Waals surface area (Å²) in [6.07, 6.45) is 6.94. The number of imidazole rings is 1. The number of amides is 2. The van der Waals surface area contributed by atoms with Gasteiger partial charge in [-0.25, -0.2) is 4.98 Å². The van der Waals surface area contributed by atoms with E-state index in [1.807, 2.05) is 9.47 Å². The second-order valence-corrected chi connectivity index (χ2v) is 8.41. The van der Waals surface area contributed by atoms with Crippen LogP contribution in [0.15, 0.2) is 6.33 Å². The van der Waals surface area contributed by atoms with Gasteiger partial charge in [0.25, 0.3) is 5.91 Å². The van der Waals surface area contributed by atoms with E-state index in [4.69, 9.17) is 0 Å². The zero-order valence-corrected chi connectivity index (χ0v) is 16.3. The molecule has 6 nitrogen and oxygen atoms in total. The maximum absolute atomic E-state index is 13.0. The summed E-state index contributed by atoms with van der Waals surface area (Å²) in [5.74, 6) is 1.42. The zero-order valence-electron chi connectivity index (χ0n) is 16.3. The molecule has 1 aliphatic heterocycles. The first-order valence-corrected chi connectivity index (χ1v) is 10.1.